The molecule has 0 spiro atoms. The third-order valence-corrected chi connectivity index (χ3v) is 11.7. The first-order chi connectivity index (χ1) is 11.4. The molecular weight excluding hydrogens is 438 g/mol. The lowest BCUT2D eigenvalue weighted by Crippen LogP contribution is -2.46. The third-order valence-electron chi connectivity index (χ3n) is 3.77. The predicted octanol–water partition coefficient (Wildman–Crippen LogP) is 2.46. The van der Waals surface area contributed by atoms with Crippen molar-refractivity contribution in [2.24, 2.45) is 5.92 Å². The number of hydrogen-bond donors (Lipinski definition) is 0. The van der Waals surface area contributed by atoms with Crippen LogP contribution in [0.15, 0.2) is 12.7 Å². The van der Waals surface area contributed by atoms with E-state index in [9.17, 15) is 51.6 Å². The van der Waals surface area contributed by atoms with E-state index in [1.165, 1.54) is 6.08 Å². The maximum atomic E-state index is 12.7. The number of alkyl halides is 6. The fourth-order valence-electron chi connectivity index (χ4n) is 2.41. The highest BCUT2D eigenvalue weighted by atomic mass is 32.3. The summed E-state index contributed by atoms with van der Waals surface area (Å²) in [6, 6.07) is 0. The molecule has 0 radical (unpaired) electrons. The van der Waals surface area contributed by atoms with Gasteiger partial charge in [-0.15, -0.1) is 6.58 Å². The Hall–Kier alpha value is -0.830. The zero-order valence-electron chi connectivity index (χ0n) is 12.7. The molecule has 0 bridgehead atoms. The Morgan fingerprint density at radius 1 is 0.769 bits per heavy atom. The van der Waals surface area contributed by atoms with E-state index in [-0.39, 0.29) is 18.8 Å². The van der Waals surface area contributed by atoms with Gasteiger partial charge in [0, 0.05) is 5.25 Å². The zero-order chi connectivity index (χ0) is 20.8. The van der Waals surface area contributed by atoms with Crippen molar-refractivity contribution in [1.82, 2.24) is 0 Å². The lowest BCUT2D eigenvalue weighted by Gasteiger charge is -2.37. The Morgan fingerprint density at radius 2 is 1.12 bits per heavy atom. The summed E-state index contributed by atoms with van der Waals surface area (Å²) in [5.41, 5.74) is -13.1. The molecule has 0 aromatic rings. The highest BCUT2D eigenvalue weighted by molar-refractivity contribution is 8.29. The van der Waals surface area contributed by atoms with Crippen LogP contribution in [-0.2, 0) is 29.5 Å². The predicted molar refractivity (Wildman–Crippen MR) is 78.1 cm³/mol. The maximum absolute atomic E-state index is 12.7. The Balaban J connectivity index is 3.60. The van der Waals surface area contributed by atoms with Gasteiger partial charge in [-0.1, -0.05) is 6.08 Å². The molecule has 0 aromatic carbocycles. The van der Waals surface area contributed by atoms with E-state index in [1.54, 1.807) is 0 Å². The Bertz CT molecular complexity index is 801. The van der Waals surface area contributed by atoms with Gasteiger partial charge < -0.3 is 0 Å². The monoisotopic (exact) mass is 451 g/mol. The molecule has 1 aliphatic rings. The fourth-order valence-corrected chi connectivity index (χ4v) is 9.51. The van der Waals surface area contributed by atoms with E-state index in [4.69, 9.17) is 0 Å². The standard InChI is InChI=1S/C11H13F6O6S3/c1-2-7-3-5-8(6-4-7)24(18,19)9(25(20,21)10(12,13)14)26(22,23)11(15,16)17/h2,7-8H,1,3-6H2/q-1. The molecule has 154 valence electrons. The zero-order valence-corrected chi connectivity index (χ0v) is 15.2. The highest BCUT2D eigenvalue weighted by Gasteiger charge is 2.59. The molecule has 0 aliphatic heterocycles. The van der Waals surface area contributed by atoms with Crippen LogP contribution < -0.4 is 0 Å². The molecule has 0 saturated heterocycles. The summed E-state index contributed by atoms with van der Waals surface area (Å²) in [5, 5.41) is -2.01. The van der Waals surface area contributed by atoms with E-state index in [1.807, 2.05) is 0 Å². The van der Waals surface area contributed by atoms with E-state index in [0.717, 1.165) is 0 Å². The van der Waals surface area contributed by atoms with E-state index >= 15 is 0 Å². The third kappa shape index (κ3) is 4.03. The smallest absolute Gasteiger partial charge is 0.260 e. The normalized spacial score (nSPS) is 23.8. The summed E-state index contributed by atoms with van der Waals surface area (Å²) < 4.78 is 143. The van der Waals surface area contributed by atoms with Crippen molar-refractivity contribution < 1.29 is 51.6 Å². The summed E-state index contributed by atoms with van der Waals surface area (Å²) in [6.45, 7) is 3.41. The summed E-state index contributed by atoms with van der Waals surface area (Å²) in [5.74, 6) is -0.275. The first-order valence-corrected chi connectivity index (χ1v) is 11.3. The van der Waals surface area contributed by atoms with Crippen LogP contribution in [0.25, 0.3) is 0 Å². The molecule has 1 aliphatic carbocycles. The highest BCUT2D eigenvalue weighted by Crippen LogP contribution is 2.46. The number of hydrogen-bond acceptors (Lipinski definition) is 6. The topological polar surface area (TPSA) is 102 Å². The van der Waals surface area contributed by atoms with Crippen molar-refractivity contribution in [3.05, 3.63) is 16.6 Å². The van der Waals surface area contributed by atoms with Crippen molar-refractivity contribution in [3.8, 4) is 0 Å². The van der Waals surface area contributed by atoms with Crippen LogP contribution in [0.5, 0.6) is 0 Å². The first kappa shape index (κ1) is 23.2. The van der Waals surface area contributed by atoms with Gasteiger partial charge in [-0.25, -0.2) is 0 Å². The summed E-state index contributed by atoms with van der Waals surface area (Å²) in [7, 11) is -20.6. The molecule has 1 rings (SSSR count). The average Bonchev–Trinajstić information content (AvgIpc) is 2.44. The van der Waals surface area contributed by atoms with E-state index in [2.05, 4.69) is 6.58 Å². The van der Waals surface area contributed by atoms with Gasteiger partial charge >= 0.3 is 11.0 Å². The minimum Gasteiger partial charge on any atom is -0.260 e. The number of allylic oxidation sites excluding steroid dienone is 1. The van der Waals surface area contributed by atoms with Gasteiger partial charge in [-0.05, 0) is 31.6 Å². The molecule has 6 nitrogen and oxygen atoms in total. The Labute approximate surface area is 146 Å². The molecule has 1 fully saturated rings. The van der Waals surface area contributed by atoms with Crippen LogP contribution in [0.2, 0.25) is 0 Å². The minimum atomic E-state index is -7.30. The minimum absolute atomic E-state index is 0.0151. The van der Waals surface area contributed by atoms with Gasteiger partial charge in [0.1, 0.15) is 0 Å². The van der Waals surface area contributed by atoms with Gasteiger partial charge in [-0.2, -0.15) is 26.3 Å². The Morgan fingerprint density at radius 3 is 1.38 bits per heavy atom. The number of rotatable bonds is 5. The van der Waals surface area contributed by atoms with Crippen LogP contribution in [0.4, 0.5) is 26.3 Å². The van der Waals surface area contributed by atoms with Crippen molar-refractivity contribution in [1.29, 1.82) is 0 Å². The SMILES string of the molecule is C=CC1CCC(S(=O)(=O)[C-](S(=O)(=O)C(F)(F)F)S(=O)(=O)C(F)(F)F)CC1. The summed E-state index contributed by atoms with van der Waals surface area (Å²) in [6.07, 6.45) is 0.344. The lowest BCUT2D eigenvalue weighted by molar-refractivity contribution is -0.0449. The van der Waals surface area contributed by atoms with Crippen molar-refractivity contribution in [3.63, 3.8) is 0 Å². The number of halogens is 6. The summed E-state index contributed by atoms with van der Waals surface area (Å²) >= 11 is 0. The molecular formula is C11H13F6O6S3-. The van der Waals surface area contributed by atoms with Crippen LogP contribution in [0.1, 0.15) is 25.7 Å². The van der Waals surface area contributed by atoms with E-state index < -0.39 is 62.5 Å². The largest absolute Gasteiger partial charge is 0.470 e. The van der Waals surface area contributed by atoms with Crippen molar-refractivity contribution >= 4 is 29.5 Å². The summed E-state index contributed by atoms with van der Waals surface area (Å²) in [4.78, 5) is 0. The van der Waals surface area contributed by atoms with Crippen LogP contribution in [0.3, 0.4) is 0 Å². The second kappa shape index (κ2) is 6.96. The van der Waals surface area contributed by atoms with Crippen LogP contribution >= 0.6 is 0 Å². The molecule has 26 heavy (non-hydrogen) atoms. The average molecular weight is 451 g/mol. The second-order valence-electron chi connectivity index (χ2n) is 5.47. The Kier molecular flexibility index (Phi) is 6.22. The van der Waals surface area contributed by atoms with Gasteiger partial charge in [0.05, 0.1) is 13.8 Å². The quantitative estimate of drug-likeness (QED) is 0.362. The molecule has 0 unspecified atom stereocenters. The molecule has 0 amide bonds. The molecule has 1 saturated carbocycles. The van der Waals surface area contributed by atoms with E-state index in [0.29, 0.717) is 0 Å². The maximum Gasteiger partial charge on any atom is 0.470 e. The second-order valence-corrected chi connectivity index (χ2v) is 12.2. The first-order valence-electron chi connectivity index (χ1n) is 6.76. The van der Waals surface area contributed by atoms with Gasteiger partial charge in [0.2, 0.25) is 0 Å². The van der Waals surface area contributed by atoms with Gasteiger partial charge in [0.25, 0.3) is 0 Å². The van der Waals surface area contributed by atoms with Gasteiger partial charge in [0.15, 0.2) is 19.7 Å². The van der Waals surface area contributed by atoms with Crippen molar-refractivity contribution in [2.75, 3.05) is 0 Å². The van der Waals surface area contributed by atoms with Gasteiger partial charge in [-0.3, -0.25) is 25.3 Å². The molecule has 15 heteroatoms. The lowest BCUT2D eigenvalue weighted by atomic mass is 9.89. The van der Waals surface area contributed by atoms with Crippen LogP contribution in [0, 0.1) is 9.83 Å². The van der Waals surface area contributed by atoms with Crippen LogP contribution in [-0.4, -0.2) is 41.5 Å². The molecule has 0 atom stereocenters. The molecule has 0 aromatic heterocycles. The fraction of sp³-hybridized carbons (Fsp3) is 0.727. The molecule has 0 N–H and O–H groups in total. The van der Waals surface area contributed by atoms with Crippen molar-refractivity contribution in [2.45, 2.75) is 41.9 Å². The number of sulfone groups is 3. The molecule has 0 heterocycles.